The molecule has 1 aromatic carbocycles. The molecule has 0 spiro atoms. The minimum absolute atomic E-state index is 0.271. The molecule has 0 heterocycles. The highest BCUT2D eigenvalue weighted by Gasteiger charge is 2.13. The molecule has 0 saturated carbocycles. The quantitative estimate of drug-likeness (QED) is 0.858. The van der Waals surface area contributed by atoms with Gasteiger partial charge in [0.15, 0.2) is 9.84 Å². The number of hydrogen-bond acceptors (Lipinski definition) is 3. The monoisotopic (exact) mass is 227 g/mol. The Hall–Kier alpha value is -1.03. The lowest BCUT2D eigenvalue weighted by atomic mass is 10.2. The minimum atomic E-state index is -3.15. The van der Waals surface area contributed by atoms with Gasteiger partial charge in [0.2, 0.25) is 0 Å². The number of hydrogen-bond donors (Lipinski definition) is 1. The van der Waals surface area contributed by atoms with Crippen LogP contribution in [0.25, 0.3) is 0 Å². The van der Waals surface area contributed by atoms with E-state index in [-0.39, 0.29) is 6.04 Å². The lowest BCUT2D eigenvalue weighted by molar-refractivity contribution is 0.602. The van der Waals surface area contributed by atoms with Crippen LogP contribution in [-0.2, 0) is 9.84 Å². The Kier molecular flexibility index (Phi) is 3.74. The van der Waals surface area contributed by atoms with Gasteiger partial charge in [0, 0.05) is 12.3 Å². The number of rotatable bonds is 4. The van der Waals surface area contributed by atoms with Crippen molar-refractivity contribution < 1.29 is 8.42 Å². The minimum Gasteiger partial charge on any atom is -0.382 e. The van der Waals surface area contributed by atoms with E-state index < -0.39 is 9.84 Å². The molecule has 0 saturated heterocycles. The molecular weight excluding hydrogens is 210 g/mol. The average Bonchev–Trinajstić information content (AvgIpc) is 2.17. The summed E-state index contributed by atoms with van der Waals surface area (Å²) in [4.78, 5) is 0.366. The van der Waals surface area contributed by atoms with Crippen LogP contribution in [0.4, 0.5) is 5.69 Å². The van der Waals surface area contributed by atoms with Crippen molar-refractivity contribution >= 4 is 15.5 Å². The maximum Gasteiger partial charge on any atom is 0.177 e. The van der Waals surface area contributed by atoms with E-state index in [0.717, 1.165) is 6.42 Å². The van der Waals surface area contributed by atoms with Crippen LogP contribution in [0, 0.1) is 0 Å². The van der Waals surface area contributed by atoms with Gasteiger partial charge in [-0.25, -0.2) is 8.42 Å². The van der Waals surface area contributed by atoms with E-state index in [1.807, 2.05) is 13.0 Å². The number of sulfone groups is 1. The van der Waals surface area contributed by atoms with Crippen LogP contribution < -0.4 is 5.32 Å². The molecular formula is C11H17NO2S. The zero-order valence-electron chi connectivity index (χ0n) is 9.32. The second-order valence-corrected chi connectivity index (χ2v) is 5.71. The second-order valence-electron chi connectivity index (χ2n) is 3.72. The molecule has 0 fully saturated rings. The first-order valence-corrected chi connectivity index (χ1v) is 6.90. The molecule has 0 amide bonds. The van der Waals surface area contributed by atoms with Gasteiger partial charge in [0.1, 0.15) is 0 Å². The Morgan fingerprint density at radius 1 is 1.33 bits per heavy atom. The first-order valence-electron chi connectivity index (χ1n) is 5.00. The summed E-state index contributed by atoms with van der Waals surface area (Å²) in [6, 6.07) is 7.26. The molecule has 0 radical (unpaired) electrons. The van der Waals surface area contributed by atoms with Crippen molar-refractivity contribution in [2.24, 2.45) is 0 Å². The molecule has 1 rings (SSSR count). The van der Waals surface area contributed by atoms with Gasteiger partial charge < -0.3 is 5.32 Å². The first kappa shape index (κ1) is 12.0. The van der Waals surface area contributed by atoms with Crippen LogP contribution in [0.3, 0.4) is 0 Å². The van der Waals surface area contributed by atoms with Crippen molar-refractivity contribution in [2.75, 3.05) is 11.6 Å². The molecule has 84 valence electrons. The fraction of sp³-hybridized carbons (Fsp3) is 0.455. The van der Waals surface area contributed by atoms with Gasteiger partial charge in [-0.1, -0.05) is 19.1 Å². The summed E-state index contributed by atoms with van der Waals surface area (Å²) >= 11 is 0. The summed E-state index contributed by atoms with van der Waals surface area (Å²) in [5.74, 6) is 0. The van der Waals surface area contributed by atoms with E-state index >= 15 is 0 Å². The fourth-order valence-corrected chi connectivity index (χ4v) is 2.13. The summed E-state index contributed by atoms with van der Waals surface area (Å²) in [6.07, 6.45) is 2.18. The SMILES string of the molecule is CC[C@@H](C)Nc1ccccc1S(C)(=O)=O. The standard InChI is InChI=1S/C11H17NO2S/c1-4-9(2)12-10-7-5-6-8-11(10)15(3,13)14/h5-9,12H,4H2,1-3H3/t9-/m1/s1. The maximum atomic E-state index is 11.5. The molecule has 0 aliphatic carbocycles. The summed E-state index contributed by atoms with van der Waals surface area (Å²) < 4.78 is 23.0. The summed E-state index contributed by atoms with van der Waals surface area (Å²) in [7, 11) is -3.15. The van der Waals surface area contributed by atoms with E-state index in [1.165, 1.54) is 6.26 Å². The van der Waals surface area contributed by atoms with Crippen molar-refractivity contribution in [3.8, 4) is 0 Å². The van der Waals surface area contributed by atoms with Gasteiger partial charge in [0.25, 0.3) is 0 Å². The first-order chi connectivity index (χ1) is 6.95. The molecule has 15 heavy (non-hydrogen) atoms. The van der Waals surface area contributed by atoms with Crippen LogP contribution in [0.1, 0.15) is 20.3 Å². The molecule has 1 atom stereocenters. The van der Waals surface area contributed by atoms with Crippen LogP contribution in [0.15, 0.2) is 29.2 Å². The lowest BCUT2D eigenvalue weighted by Crippen LogP contribution is -2.15. The van der Waals surface area contributed by atoms with Gasteiger partial charge in [0.05, 0.1) is 10.6 Å². The summed E-state index contributed by atoms with van der Waals surface area (Å²) in [5.41, 5.74) is 0.689. The third kappa shape index (κ3) is 3.23. The van der Waals surface area contributed by atoms with E-state index in [4.69, 9.17) is 0 Å². The Morgan fingerprint density at radius 2 is 1.93 bits per heavy atom. The van der Waals surface area contributed by atoms with Crippen LogP contribution in [-0.4, -0.2) is 20.7 Å². The molecule has 1 N–H and O–H groups in total. The molecule has 1 aromatic rings. The van der Waals surface area contributed by atoms with E-state index in [0.29, 0.717) is 10.6 Å². The molecule has 3 nitrogen and oxygen atoms in total. The number of para-hydroxylation sites is 1. The molecule has 0 aliphatic rings. The van der Waals surface area contributed by atoms with Crippen molar-refractivity contribution in [1.29, 1.82) is 0 Å². The van der Waals surface area contributed by atoms with Gasteiger partial charge in [-0.15, -0.1) is 0 Å². The smallest absolute Gasteiger partial charge is 0.177 e. The third-order valence-electron chi connectivity index (χ3n) is 2.30. The molecule has 0 bridgehead atoms. The Bertz CT molecular complexity index is 426. The maximum absolute atomic E-state index is 11.5. The van der Waals surface area contributed by atoms with Crippen LogP contribution >= 0.6 is 0 Å². The van der Waals surface area contributed by atoms with E-state index in [1.54, 1.807) is 18.2 Å². The Labute approximate surface area is 91.4 Å². The highest BCUT2D eigenvalue weighted by atomic mass is 32.2. The number of benzene rings is 1. The molecule has 0 aliphatic heterocycles. The topological polar surface area (TPSA) is 46.2 Å². The van der Waals surface area contributed by atoms with Gasteiger partial charge in [-0.2, -0.15) is 0 Å². The van der Waals surface area contributed by atoms with Gasteiger partial charge in [-0.3, -0.25) is 0 Å². The molecule has 0 unspecified atom stereocenters. The second kappa shape index (κ2) is 4.66. The summed E-state index contributed by atoms with van der Waals surface area (Å²) in [6.45, 7) is 4.08. The van der Waals surface area contributed by atoms with Crippen LogP contribution in [0.5, 0.6) is 0 Å². The average molecular weight is 227 g/mol. The number of nitrogens with one attached hydrogen (secondary N) is 1. The van der Waals surface area contributed by atoms with Crippen molar-refractivity contribution in [3.05, 3.63) is 24.3 Å². The highest BCUT2D eigenvalue weighted by molar-refractivity contribution is 7.90. The predicted octanol–water partition coefficient (Wildman–Crippen LogP) is 2.30. The predicted molar refractivity (Wildman–Crippen MR) is 62.9 cm³/mol. The Morgan fingerprint density at radius 3 is 2.47 bits per heavy atom. The van der Waals surface area contributed by atoms with Crippen molar-refractivity contribution in [3.63, 3.8) is 0 Å². The zero-order valence-corrected chi connectivity index (χ0v) is 10.1. The van der Waals surface area contributed by atoms with Crippen molar-refractivity contribution in [2.45, 2.75) is 31.2 Å². The fourth-order valence-electron chi connectivity index (χ4n) is 1.28. The Balaban J connectivity index is 3.08. The zero-order chi connectivity index (χ0) is 11.5. The lowest BCUT2D eigenvalue weighted by Gasteiger charge is -2.15. The normalized spacial score (nSPS) is 13.5. The molecule has 0 aromatic heterocycles. The van der Waals surface area contributed by atoms with Gasteiger partial charge in [-0.05, 0) is 25.5 Å². The van der Waals surface area contributed by atoms with Crippen LogP contribution in [0.2, 0.25) is 0 Å². The van der Waals surface area contributed by atoms with E-state index in [9.17, 15) is 8.42 Å². The molecule has 4 heteroatoms. The van der Waals surface area contributed by atoms with Gasteiger partial charge >= 0.3 is 0 Å². The van der Waals surface area contributed by atoms with E-state index in [2.05, 4.69) is 12.2 Å². The third-order valence-corrected chi connectivity index (χ3v) is 3.46. The summed E-state index contributed by atoms with van der Waals surface area (Å²) in [5, 5.41) is 3.19. The van der Waals surface area contributed by atoms with Crippen molar-refractivity contribution in [1.82, 2.24) is 0 Å². The largest absolute Gasteiger partial charge is 0.382 e. The highest BCUT2D eigenvalue weighted by Crippen LogP contribution is 2.21. The number of anilines is 1.